The molecule has 0 radical (unpaired) electrons. The van der Waals surface area contributed by atoms with Gasteiger partial charge in [-0.1, -0.05) is 75.9 Å². The predicted octanol–water partition coefficient (Wildman–Crippen LogP) is 8.36. The molecule has 0 aliphatic carbocycles. The van der Waals surface area contributed by atoms with Crippen molar-refractivity contribution in [1.82, 2.24) is 0 Å². The van der Waals surface area contributed by atoms with Crippen molar-refractivity contribution >= 4 is 11.9 Å². The fourth-order valence-electron chi connectivity index (χ4n) is 4.32. The van der Waals surface area contributed by atoms with Crippen molar-refractivity contribution in [2.45, 2.75) is 71.8 Å². The zero-order valence-electron chi connectivity index (χ0n) is 25.8. The van der Waals surface area contributed by atoms with Crippen LogP contribution in [-0.4, -0.2) is 45.0 Å². The van der Waals surface area contributed by atoms with Gasteiger partial charge < -0.3 is 23.7 Å². The van der Waals surface area contributed by atoms with E-state index in [1.807, 2.05) is 55.5 Å². The minimum absolute atomic E-state index is 0.188. The van der Waals surface area contributed by atoms with Crippen molar-refractivity contribution < 1.29 is 33.3 Å². The number of esters is 2. The highest BCUT2D eigenvalue weighted by atomic mass is 16.5. The molecule has 0 aliphatic heterocycles. The summed E-state index contributed by atoms with van der Waals surface area (Å²) in [5.41, 5.74) is 3.29. The second-order valence-corrected chi connectivity index (χ2v) is 10.4. The summed E-state index contributed by atoms with van der Waals surface area (Å²) in [6.07, 6.45) is 6.43. The molecule has 0 heterocycles. The molecule has 3 aromatic rings. The number of rotatable bonds is 20. The van der Waals surface area contributed by atoms with Crippen LogP contribution in [0.5, 0.6) is 11.5 Å². The summed E-state index contributed by atoms with van der Waals surface area (Å²) in [7, 11) is 0. The minimum Gasteiger partial charge on any atom is -0.491 e. The number of ether oxygens (including phenoxy) is 5. The maximum Gasteiger partial charge on any atom is 0.343 e. The predicted molar refractivity (Wildman–Crippen MR) is 169 cm³/mol. The van der Waals surface area contributed by atoms with Crippen LogP contribution in [0, 0.1) is 0 Å². The van der Waals surface area contributed by atoms with Gasteiger partial charge in [-0.3, -0.25) is 4.79 Å². The second kappa shape index (κ2) is 19.5. The zero-order chi connectivity index (χ0) is 30.7. The SMILES string of the molecule is CCCCCCC(=O)OC(C)c1ccc(OC(=O)c2ccc(-c3ccc(OCCOCCOCCCC)cc3)cc2)cc1. The van der Waals surface area contributed by atoms with Gasteiger partial charge in [-0.15, -0.1) is 0 Å². The Balaban J connectivity index is 1.40. The highest BCUT2D eigenvalue weighted by Crippen LogP contribution is 2.25. The number of hydrogen-bond acceptors (Lipinski definition) is 7. The Morgan fingerprint density at radius 1 is 0.628 bits per heavy atom. The normalized spacial score (nSPS) is 11.6. The Kier molecular flexibility index (Phi) is 15.3. The van der Waals surface area contributed by atoms with Gasteiger partial charge in [0.1, 0.15) is 24.2 Å². The van der Waals surface area contributed by atoms with Crippen molar-refractivity contribution in [3.63, 3.8) is 0 Å². The quantitative estimate of drug-likeness (QED) is 0.0743. The molecule has 3 rings (SSSR count). The lowest BCUT2D eigenvalue weighted by Gasteiger charge is -2.14. The summed E-state index contributed by atoms with van der Waals surface area (Å²) in [6.45, 7) is 9.06. The number of benzene rings is 3. The van der Waals surface area contributed by atoms with E-state index in [1.54, 1.807) is 24.3 Å². The van der Waals surface area contributed by atoms with Crippen LogP contribution >= 0.6 is 0 Å². The summed E-state index contributed by atoms with van der Waals surface area (Å²) in [6, 6.07) is 22.1. The van der Waals surface area contributed by atoms with Gasteiger partial charge in [0.15, 0.2) is 0 Å². The molecule has 232 valence electrons. The Morgan fingerprint density at radius 2 is 1.21 bits per heavy atom. The van der Waals surface area contributed by atoms with Gasteiger partial charge >= 0.3 is 11.9 Å². The Morgan fingerprint density at radius 3 is 1.86 bits per heavy atom. The monoisotopic (exact) mass is 590 g/mol. The lowest BCUT2D eigenvalue weighted by Crippen LogP contribution is -2.11. The third-order valence-corrected chi connectivity index (χ3v) is 6.92. The lowest BCUT2D eigenvalue weighted by molar-refractivity contribution is -0.148. The highest BCUT2D eigenvalue weighted by molar-refractivity contribution is 5.91. The molecule has 0 N–H and O–H groups in total. The van der Waals surface area contributed by atoms with Gasteiger partial charge in [0, 0.05) is 13.0 Å². The average molecular weight is 591 g/mol. The summed E-state index contributed by atoms with van der Waals surface area (Å²) in [5.74, 6) is 0.571. The Bertz CT molecular complexity index is 1200. The van der Waals surface area contributed by atoms with Gasteiger partial charge in [0.05, 0.1) is 25.4 Å². The molecule has 0 aliphatic rings. The number of carbonyl (C=O) groups is 2. The van der Waals surface area contributed by atoms with Gasteiger partial charge in [-0.25, -0.2) is 4.79 Å². The molecule has 0 spiro atoms. The van der Waals surface area contributed by atoms with Crippen molar-refractivity contribution in [2.24, 2.45) is 0 Å². The topological polar surface area (TPSA) is 80.3 Å². The summed E-state index contributed by atoms with van der Waals surface area (Å²) < 4.78 is 27.9. The molecule has 0 saturated carbocycles. The molecule has 0 bridgehead atoms. The van der Waals surface area contributed by atoms with E-state index in [2.05, 4.69) is 13.8 Å². The van der Waals surface area contributed by atoms with E-state index in [-0.39, 0.29) is 12.1 Å². The van der Waals surface area contributed by atoms with E-state index in [0.29, 0.717) is 44.2 Å². The first-order valence-electron chi connectivity index (χ1n) is 15.5. The Hall–Kier alpha value is -3.68. The van der Waals surface area contributed by atoms with Crippen LogP contribution in [0.4, 0.5) is 0 Å². The second-order valence-electron chi connectivity index (χ2n) is 10.4. The van der Waals surface area contributed by atoms with Crippen LogP contribution in [0.15, 0.2) is 72.8 Å². The van der Waals surface area contributed by atoms with Gasteiger partial charge in [-0.2, -0.15) is 0 Å². The first-order valence-corrected chi connectivity index (χ1v) is 15.5. The van der Waals surface area contributed by atoms with Crippen LogP contribution in [0.2, 0.25) is 0 Å². The summed E-state index contributed by atoms with van der Waals surface area (Å²) >= 11 is 0. The van der Waals surface area contributed by atoms with Gasteiger partial charge in [0.2, 0.25) is 0 Å². The highest BCUT2D eigenvalue weighted by Gasteiger charge is 2.13. The standard InChI is InChI=1S/C36H46O7/c1-4-6-8-9-10-35(37)42-28(3)29-15-21-34(22-16-29)43-36(38)32-13-11-30(12-14-32)31-17-19-33(20-18-31)41-27-26-40-25-24-39-23-7-5-2/h11-22,28H,4-10,23-27H2,1-3H3. The maximum atomic E-state index is 12.7. The van der Waals surface area contributed by atoms with Crippen molar-refractivity contribution in [3.05, 3.63) is 83.9 Å². The number of hydrogen-bond donors (Lipinski definition) is 0. The summed E-state index contributed by atoms with van der Waals surface area (Å²) in [5, 5.41) is 0. The molecule has 3 aromatic carbocycles. The van der Waals surface area contributed by atoms with E-state index < -0.39 is 5.97 Å². The van der Waals surface area contributed by atoms with Gasteiger partial charge in [0.25, 0.3) is 0 Å². The summed E-state index contributed by atoms with van der Waals surface area (Å²) in [4.78, 5) is 24.8. The largest absolute Gasteiger partial charge is 0.491 e. The van der Waals surface area contributed by atoms with E-state index >= 15 is 0 Å². The van der Waals surface area contributed by atoms with E-state index in [4.69, 9.17) is 23.7 Å². The van der Waals surface area contributed by atoms with Crippen LogP contribution in [-0.2, 0) is 19.0 Å². The molecular weight excluding hydrogens is 544 g/mol. The first kappa shape index (κ1) is 33.8. The zero-order valence-corrected chi connectivity index (χ0v) is 25.8. The molecule has 1 unspecified atom stereocenters. The van der Waals surface area contributed by atoms with Crippen LogP contribution in [0.1, 0.15) is 87.7 Å². The van der Waals surface area contributed by atoms with E-state index in [1.165, 1.54) is 0 Å². The lowest BCUT2D eigenvalue weighted by atomic mass is 10.0. The first-order chi connectivity index (χ1) is 21.0. The molecule has 0 saturated heterocycles. The van der Waals surface area contributed by atoms with E-state index in [9.17, 15) is 9.59 Å². The third kappa shape index (κ3) is 12.6. The molecule has 0 aromatic heterocycles. The number of unbranched alkanes of at least 4 members (excludes halogenated alkanes) is 4. The maximum absolute atomic E-state index is 12.7. The van der Waals surface area contributed by atoms with Crippen LogP contribution in [0.3, 0.4) is 0 Å². The van der Waals surface area contributed by atoms with E-state index in [0.717, 1.165) is 67.6 Å². The molecule has 1 atom stereocenters. The van der Waals surface area contributed by atoms with Crippen molar-refractivity contribution in [2.75, 3.05) is 33.0 Å². The molecule has 43 heavy (non-hydrogen) atoms. The molecular formula is C36H46O7. The molecule has 0 fully saturated rings. The smallest absolute Gasteiger partial charge is 0.343 e. The number of carbonyl (C=O) groups excluding carboxylic acids is 2. The minimum atomic E-state index is -0.440. The van der Waals surface area contributed by atoms with Crippen LogP contribution in [0.25, 0.3) is 11.1 Å². The fraction of sp³-hybridized carbons (Fsp3) is 0.444. The molecule has 0 amide bonds. The average Bonchev–Trinajstić information content (AvgIpc) is 3.03. The third-order valence-electron chi connectivity index (χ3n) is 6.92. The molecule has 7 heteroatoms. The Labute approximate surface area is 256 Å². The van der Waals surface area contributed by atoms with Crippen molar-refractivity contribution in [3.8, 4) is 22.6 Å². The van der Waals surface area contributed by atoms with Crippen LogP contribution < -0.4 is 9.47 Å². The van der Waals surface area contributed by atoms with Crippen molar-refractivity contribution in [1.29, 1.82) is 0 Å². The van der Waals surface area contributed by atoms with Gasteiger partial charge in [-0.05, 0) is 72.9 Å². The fourth-order valence-corrected chi connectivity index (χ4v) is 4.32. The molecule has 7 nitrogen and oxygen atoms in total.